The van der Waals surface area contributed by atoms with E-state index in [1.54, 1.807) is 0 Å². The summed E-state index contributed by atoms with van der Waals surface area (Å²) in [6, 6.07) is 0.176. The molecule has 0 spiro atoms. The fourth-order valence-electron chi connectivity index (χ4n) is 1.94. The minimum absolute atomic E-state index is 0.122. The number of hydrogen-bond acceptors (Lipinski definition) is 2. The zero-order valence-electron chi connectivity index (χ0n) is 9.81. The van der Waals surface area contributed by atoms with E-state index in [9.17, 15) is 4.79 Å². The first-order valence-corrected chi connectivity index (χ1v) is 5.75. The molecule has 15 heavy (non-hydrogen) atoms. The minimum Gasteiger partial charge on any atom is -0.352 e. The van der Waals surface area contributed by atoms with Crippen LogP contribution in [0.5, 0.6) is 0 Å². The molecule has 0 saturated carbocycles. The maximum absolute atomic E-state index is 12.0. The van der Waals surface area contributed by atoms with Gasteiger partial charge >= 0.3 is 0 Å². The number of hydrogen-bond donors (Lipinski definition) is 2. The van der Waals surface area contributed by atoms with Gasteiger partial charge in [0.25, 0.3) is 0 Å². The number of amides is 1. The van der Waals surface area contributed by atoms with E-state index in [1.807, 2.05) is 19.9 Å². The smallest absolute Gasteiger partial charge is 0.240 e. The van der Waals surface area contributed by atoms with Crippen LogP contribution < -0.4 is 10.6 Å². The van der Waals surface area contributed by atoms with E-state index in [0.717, 1.165) is 25.8 Å². The maximum Gasteiger partial charge on any atom is 0.240 e. The van der Waals surface area contributed by atoms with E-state index in [1.165, 1.54) is 6.42 Å². The quantitative estimate of drug-likeness (QED) is 0.692. The van der Waals surface area contributed by atoms with Gasteiger partial charge in [-0.05, 0) is 46.1 Å². The van der Waals surface area contributed by atoms with Gasteiger partial charge in [0, 0.05) is 6.04 Å². The van der Waals surface area contributed by atoms with Gasteiger partial charge < -0.3 is 10.6 Å². The average molecular weight is 210 g/mol. The van der Waals surface area contributed by atoms with E-state index < -0.39 is 0 Å². The van der Waals surface area contributed by atoms with Gasteiger partial charge in [0.2, 0.25) is 5.91 Å². The lowest BCUT2D eigenvalue weighted by molar-refractivity contribution is -0.128. The maximum atomic E-state index is 12.0. The molecule has 86 valence electrons. The summed E-state index contributed by atoms with van der Waals surface area (Å²) < 4.78 is 0. The molecule has 1 aliphatic rings. The summed E-state index contributed by atoms with van der Waals surface area (Å²) in [5.74, 6) is 0.122. The van der Waals surface area contributed by atoms with Crippen LogP contribution in [0.3, 0.4) is 0 Å². The van der Waals surface area contributed by atoms with Crippen molar-refractivity contribution in [2.45, 2.75) is 51.1 Å². The van der Waals surface area contributed by atoms with Crippen molar-refractivity contribution in [3.8, 4) is 0 Å². The number of piperidine rings is 1. The van der Waals surface area contributed by atoms with Crippen LogP contribution in [0.15, 0.2) is 12.7 Å². The number of carbonyl (C=O) groups excluding carboxylic acids is 1. The third-order valence-electron chi connectivity index (χ3n) is 3.02. The third-order valence-corrected chi connectivity index (χ3v) is 3.02. The van der Waals surface area contributed by atoms with E-state index in [2.05, 4.69) is 17.2 Å². The molecule has 2 atom stereocenters. The van der Waals surface area contributed by atoms with Crippen molar-refractivity contribution in [2.75, 3.05) is 6.54 Å². The van der Waals surface area contributed by atoms with Gasteiger partial charge in [0.05, 0.1) is 5.54 Å². The molecule has 0 aromatic rings. The van der Waals surface area contributed by atoms with Crippen LogP contribution in [0.25, 0.3) is 0 Å². The Bertz CT molecular complexity index is 232. The van der Waals surface area contributed by atoms with Gasteiger partial charge in [-0.25, -0.2) is 0 Å². The lowest BCUT2D eigenvalue weighted by atomic mass is 9.90. The van der Waals surface area contributed by atoms with Crippen LogP contribution in [0, 0.1) is 0 Å². The Kier molecular flexibility index (Phi) is 4.33. The van der Waals surface area contributed by atoms with Gasteiger partial charge in [-0.15, -0.1) is 6.58 Å². The summed E-state index contributed by atoms with van der Waals surface area (Å²) in [5, 5.41) is 6.32. The Hall–Kier alpha value is -0.830. The van der Waals surface area contributed by atoms with Crippen molar-refractivity contribution in [1.82, 2.24) is 10.6 Å². The van der Waals surface area contributed by atoms with Crippen LogP contribution in [0.4, 0.5) is 0 Å². The standard InChI is InChI=1S/C12H22N2O/c1-4-7-10(2)14-11(15)12(3)8-5-6-9-13-12/h4,10,13H,1,5-9H2,2-3H3,(H,14,15). The van der Waals surface area contributed by atoms with Crippen LogP contribution in [-0.4, -0.2) is 24.0 Å². The van der Waals surface area contributed by atoms with E-state index in [4.69, 9.17) is 0 Å². The molecule has 0 aromatic heterocycles. The number of rotatable bonds is 4. The van der Waals surface area contributed by atoms with E-state index in [-0.39, 0.29) is 17.5 Å². The molecule has 1 heterocycles. The van der Waals surface area contributed by atoms with Crippen LogP contribution >= 0.6 is 0 Å². The van der Waals surface area contributed by atoms with Crippen LogP contribution in [-0.2, 0) is 4.79 Å². The lowest BCUT2D eigenvalue weighted by Crippen LogP contribution is -2.58. The second-order valence-corrected chi connectivity index (χ2v) is 4.61. The summed E-state index contributed by atoms with van der Waals surface area (Å²) in [6.45, 7) is 8.61. The van der Waals surface area contributed by atoms with Gasteiger partial charge in [0.1, 0.15) is 0 Å². The molecule has 1 amide bonds. The first-order valence-electron chi connectivity index (χ1n) is 5.75. The van der Waals surface area contributed by atoms with Crippen molar-refractivity contribution in [3.05, 3.63) is 12.7 Å². The molecule has 1 aliphatic heterocycles. The SMILES string of the molecule is C=CCC(C)NC(=O)C1(C)CCCCN1. The Morgan fingerprint density at radius 1 is 1.67 bits per heavy atom. The molecule has 0 aliphatic carbocycles. The molecule has 0 bridgehead atoms. The topological polar surface area (TPSA) is 41.1 Å². The molecule has 2 N–H and O–H groups in total. The molecule has 1 saturated heterocycles. The highest BCUT2D eigenvalue weighted by molar-refractivity contribution is 5.86. The van der Waals surface area contributed by atoms with Crippen molar-refractivity contribution in [1.29, 1.82) is 0 Å². The third kappa shape index (κ3) is 3.34. The Labute approximate surface area is 92.3 Å². The Balaban J connectivity index is 2.47. The number of nitrogens with one attached hydrogen (secondary N) is 2. The van der Waals surface area contributed by atoms with Crippen LogP contribution in [0.2, 0.25) is 0 Å². The summed E-state index contributed by atoms with van der Waals surface area (Å²) in [6.07, 6.45) is 5.89. The first kappa shape index (κ1) is 12.2. The second-order valence-electron chi connectivity index (χ2n) is 4.61. The predicted molar refractivity (Wildman–Crippen MR) is 62.7 cm³/mol. The summed E-state index contributed by atoms with van der Waals surface area (Å²) in [5.41, 5.74) is -0.367. The van der Waals surface area contributed by atoms with Crippen molar-refractivity contribution in [3.63, 3.8) is 0 Å². The number of carbonyl (C=O) groups is 1. The zero-order chi connectivity index (χ0) is 11.3. The Morgan fingerprint density at radius 3 is 2.93 bits per heavy atom. The molecule has 3 heteroatoms. The normalized spacial score (nSPS) is 28.1. The fraction of sp³-hybridized carbons (Fsp3) is 0.750. The predicted octanol–water partition coefficient (Wildman–Crippen LogP) is 1.60. The summed E-state index contributed by atoms with van der Waals surface area (Å²) >= 11 is 0. The molecule has 1 rings (SSSR count). The van der Waals surface area contributed by atoms with E-state index >= 15 is 0 Å². The molecule has 2 unspecified atom stereocenters. The van der Waals surface area contributed by atoms with Crippen LogP contribution in [0.1, 0.15) is 39.5 Å². The van der Waals surface area contributed by atoms with Crippen molar-refractivity contribution >= 4 is 5.91 Å². The van der Waals surface area contributed by atoms with Gasteiger partial charge in [-0.2, -0.15) is 0 Å². The molecule has 0 radical (unpaired) electrons. The fourth-order valence-corrected chi connectivity index (χ4v) is 1.94. The monoisotopic (exact) mass is 210 g/mol. The zero-order valence-corrected chi connectivity index (χ0v) is 9.81. The van der Waals surface area contributed by atoms with Gasteiger partial charge in [0.15, 0.2) is 0 Å². The minimum atomic E-state index is -0.367. The molecule has 3 nitrogen and oxygen atoms in total. The second kappa shape index (κ2) is 5.31. The molecular formula is C12H22N2O. The summed E-state index contributed by atoms with van der Waals surface area (Å²) in [4.78, 5) is 12.0. The van der Waals surface area contributed by atoms with Gasteiger partial charge in [-0.3, -0.25) is 4.79 Å². The molecule has 0 aromatic carbocycles. The highest BCUT2D eigenvalue weighted by atomic mass is 16.2. The van der Waals surface area contributed by atoms with Gasteiger partial charge in [-0.1, -0.05) is 6.08 Å². The summed E-state index contributed by atoms with van der Waals surface area (Å²) in [7, 11) is 0. The van der Waals surface area contributed by atoms with Crippen molar-refractivity contribution in [2.24, 2.45) is 0 Å². The van der Waals surface area contributed by atoms with Crippen molar-refractivity contribution < 1.29 is 4.79 Å². The highest BCUT2D eigenvalue weighted by Gasteiger charge is 2.34. The molecule has 1 fully saturated rings. The Morgan fingerprint density at radius 2 is 2.40 bits per heavy atom. The molecular weight excluding hydrogens is 188 g/mol. The van der Waals surface area contributed by atoms with E-state index in [0.29, 0.717) is 0 Å². The first-order chi connectivity index (χ1) is 7.08. The highest BCUT2D eigenvalue weighted by Crippen LogP contribution is 2.18. The largest absolute Gasteiger partial charge is 0.352 e. The average Bonchev–Trinajstić information content (AvgIpc) is 2.19. The lowest BCUT2D eigenvalue weighted by Gasteiger charge is -2.34.